The smallest absolute Gasteiger partial charge is 0.0721 e. The number of hydrogen-bond acceptors (Lipinski definition) is 3. The first-order chi connectivity index (χ1) is 9.70. The van der Waals surface area contributed by atoms with Crippen LogP contribution in [-0.2, 0) is 11.3 Å². The van der Waals surface area contributed by atoms with Gasteiger partial charge in [-0.3, -0.25) is 0 Å². The maximum absolute atomic E-state index is 5.72. The molecule has 1 saturated heterocycles. The Labute approximate surface area is 123 Å². The molecule has 3 heteroatoms. The fourth-order valence-corrected chi connectivity index (χ4v) is 2.70. The first-order valence-corrected chi connectivity index (χ1v) is 7.87. The monoisotopic (exact) mass is 276 g/mol. The number of benzene rings is 1. The number of hydrogen-bond donors (Lipinski definition) is 1. The third-order valence-corrected chi connectivity index (χ3v) is 3.89. The molecule has 3 nitrogen and oxygen atoms in total. The molecule has 1 atom stereocenters. The van der Waals surface area contributed by atoms with Crippen molar-refractivity contribution in [2.45, 2.75) is 46.3 Å². The predicted octanol–water partition coefficient (Wildman–Crippen LogP) is 3.11. The first-order valence-electron chi connectivity index (χ1n) is 7.87. The van der Waals surface area contributed by atoms with E-state index in [0.717, 1.165) is 39.2 Å². The van der Waals surface area contributed by atoms with E-state index in [-0.39, 0.29) is 0 Å². The topological polar surface area (TPSA) is 24.5 Å². The molecule has 0 aromatic heterocycles. The minimum absolute atomic E-state index is 0.323. The van der Waals surface area contributed by atoms with E-state index in [1.807, 2.05) is 0 Å². The van der Waals surface area contributed by atoms with Crippen molar-refractivity contribution >= 4 is 5.69 Å². The van der Waals surface area contributed by atoms with E-state index in [4.69, 9.17) is 4.74 Å². The number of nitrogens with one attached hydrogen (secondary N) is 1. The van der Waals surface area contributed by atoms with Crippen LogP contribution in [0.4, 0.5) is 5.69 Å². The fourth-order valence-electron chi connectivity index (χ4n) is 2.70. The molecule has 1 heterocycles. The average molecular weight is 276 g/mol. The van der Waals surface area contributed by atoms with E-state index in [0.29, 0.717) is 6.10 Å². The minimum atomic E-state index is 0.323. The standard InChI is InChI=1S/C17H28N2O/c1-4-8-18-12-16-6-7-17(11-14(16)2)19-9-5-10-20-15(3)13-19/h6-7,11,15,18H,4-5,8-10,12-13H2,1-3H3. The Kier molecular flexibility index (Phi) is 5.86. The lowest BCUT2D eigenvalue weighted by atomic mass is 10.1. The van der Waals surface area contributed by atoms with Crippen LogP contribution in [0.5, 0.6) is 0 Å². The van der Waals surface area contributed by atoms with Crippen molar-refractivity contribution in [3.8, 4) is 0 Å². The Morgan fingerprint density at radius 3 is 3.00 bits per heavy atom. The van der Waals surface area contributed by atoms with E-state index in [1.54, 1.807) is 0 Å². The lowest BCUT2D eigenvalue weighted by molar-refractivity contribution is 0.0821. The molecule has 1 aliphatic heterocycles. The van der Waals surface area contributed by atoms with Crippen LogP contribution in [0.15, 0.2) is 18.2 Å². The van der Waals surface area contributed by atoms with Gasteiger partial charge in [0.05, 0.1) is 6.10 Å². The third-order valence-electron chi connectivity index (χ3n) is 3.89. The lowest BCUT2D eigenvalue weighted by Crippen LogP contribution is -2.30. The van der Waals surface area contributed by atoms with Gasteiger partial charge in [0.25, 0.3) is 0 Å². The van der Waals surface area contributed by atoms with Gasteiger partial charge >= 0.3 is 0 Å². The van der Waals surface area contributed by atoms with E-state index in [2.05, 4.69) is 49.2 Å². The van der Waals surface area contributed by atoms with Gasteiger partial charge in [0, 0.05) is 31.9 Å². The summed E-state index contributed by atoms with van der Waals surface area (Å²) in [6.07, 6.45) is 2.62. The average Bonchev–Trinajstić information content (AvgIpc) is 2.65. The SMILES string of the molecule is CCCNCc1ccc(N2CCCOC(C)C2)cc1C. The Hall–Kier alpha value is -1.06. The highest BCUT2D eigenvalue weighted by molar-refractivity contribution is 5.51. The van der Waals surface area contributed by atoms with Gasteiger partial charge in [0.2, 0.25) is 0 Å². The lowest BCUT2D eigenvalue weighted by Gasteiger charge is -2.25. The van der Waals surface area contributed by atoms with Gasteiger partial charge in [0.15, 0.2) is 0 Å². The Morgan fingerprint density at radius 2 is 2.25 bits per heavy atom. The summed E-state index contributed by atoms with van der Waals surface area (Å²) >= 11 is 0. The predicted molar refractivity (Wildman–Crippen MR) is 85.4 cm³/mol. The molecule has 1 fully saturated rings. The third kappa shape index (κ3) is 4.22. The zero-order chi connectivity index (χ0) is 14.4. The van der Waals surface area contributed by atoms with Crippen molar-refractivity contribution in [3.63, 3.8) is 0 Å². The van der Waals surface area contributed by atoms with Crippen molar-refractivity contribution in [2.75, 3.05) is 31.1 Å². The van der Waals surface area contributed by atoms with Crippen LogP contribution >= 0.6 is 0 Å². The van der Waals surface area contributed by atoms with E-state index >= 15 is 0 Å². The van der Waals surface area contributed by atoms with Crippen LogP contribution < -0.4 is 10.2 Å². The van der Waals surface area contributed by atoms with Gasteiger partial charge in [-0.1, -0.05) is 13.0 Å². The molecule has 0 spiro atoms. The van der Waals surface area contributed by atoms with Crippen molar-refractivity contribution in [1.29, 1.82) is 0 Å². The summed E-state index contributed by atoms with van der Waals surface area (Å²) in [6.45, 7) is 11.6. The molecule has 1 aliphatic rings. The van der Waals surface area contributed by atoms with Crippen LogP contribution in [0, 0.1) is 6.92 Å². The molecular formula is C17H28N2O. The van der Waals surface area contributed by atoms with Crippen molar-refractivity contribution in [2.24, 2.45) is 0 Å². The highest BCUT2D eigenvalue weighted by Gasteiger charge is 2.15. The van der Waals surface area contributed by atoms with E-state index in [1.165, 1.54) is 23.2 Å². The van der Waals surface area contributed by atoms with Crippen LogP contribution in [0.2, 0.25) is 0 Å². The van der Waals surface area contributed by atoms with Crippen LogP contribution in [0.1, 0.15) is 37.8 Å². The fraction of sp³-hybridized carbons (Fsp3) is 0.647. The quantitative estimate of drug-likeness (QED) is 0.836. The van der Waals surface area contributed by atoms with Gasteiger partial charge in [0.1, 0.15) is 0 Å². The summed E-state index contributed by atoms with van der Waals surface area (Å²) in [6, 6.07) is 6.85. The molecule has 0 radical (unpaired) electrons. The molecule has 1 aromatic rings. The normalized spacial score (nSPS) is 19.9. The molecule has 0 saturated carbocycles. The number of anilines is 1. The highest BCUT2D eigenvalue weighted by Crippen LogP contribution is 2.21. The zero-order valence-corrected chi connectivity index (χ0v) is 13.1. The van der Waals surface area contributed by atoms with Gasteiger partial charge in [-0.25, -0.2) is 0 Å². The Bertz CT molecular complexity index is 419. The molecule has 0 bridgehead atoms. The largest absolute Gasteiger partial charge is 0.377 e. The van der Waals surface area contributed by atoms with Crippen molar-refractivity contribution in [3.05, 3.63) is 29.3 Å². The summed E-state index contributed by atoms with van der Waals surface area (Å²) in [5.41, 5.74) is 4.12. The molecule has 1 N–H and O–H groups in total. The zero-order valence-electron chi connectivity index (χ0n) is 13.1. The summed E-state index contributed by atoms with van der Waals surface area (Å²) in [4.78, 5) is 2.45. The van der Waals surface area contributed by atoms with Crippen LogP contribution in [0.3, 0.4) is 0 Å². The van der Waals surface area contributed by atoms with E-state index < -0.39 is 0 Å². The van der Waals surface area contributed by atoms with Crippen LogP contribution in [0.25, 0.3) is 0 Å². The van der Waals surface area contributed by atoms with Gasteiger partial charge in [-0.15, -0.1) is 0 Å². The van der Waals surface area contributed by atoms with Gasteiger partial charge in [-0.2, -0.15) is 0 Å². The number of rotatable bonds is 5. The number of ether oxygens (including phenoxy) is 1. The molecule has 20 heavy (non-hydrogen) atoms. The summed E-state index contributed by atoms with van der Waals surface area (Å²) in [7, 11) is 0. The number of nitrogens with zero attached hydrogens (tertiary/aromatic N) is 1. The second-order valence-electron chi connectivity index (χ2n) is 5.77. The second-order valence-corrected chi connectivity index (χ2v) is 5.77. The number of aryl methyl sites for hydroxylation is 1. The van der Waals surface area contributed by atoms with E-state index in [9.17, 15) is 0 Å². The minimum Gasteiger partial charge on any atom is -0.377 e. The van der Waals surface area contributed by atoms with Crippen molar-refractivity contribution in [1.82, 2.24) is 5.32 Å². The Balaban J connectivity index is 2.03. The Morgan fingerprint density at radius 1 is 1.40 bits per heavy atom. The molecule has 0 aliphatic carbocycles. The molecule has 2 rings (SSSR count). The van der Waals surface area contributed by atoms with Gasteiger partial charge < -0.3 is 15.0 Å². The first kappa shape index (κ1) is 15.3. The maximum atomic E-state index is 5.72. The second kappa shape index (κ2) is 7.65. The molecule has 1 unspecified atom stereocenters. The molecule has 0 amide bonds. The van der Waals surface area contributed by atoms with Crippen LogP contribution in [-0.4, -0.2) is 32.3 Å². The molecule has 112 valence electrons. The van der Waals surface area contributed by atoms with Crippen molar-refractivity contribution < 1.29 is 4.74 Å². The molecule has 1 aromatic carbocycles. The summed E-state index contributed by atoms with van der Waals surface area (Å²) in [5.74, 6) is 0. The van der Waals surface area contributed by atoms with Gasteiger partial charge in [-0.05, 0) is 56.5 Å². The molecular weight excluding hydrogens is 248 g/mol. The summed E-state index contributed by atoms with van der Waals surface area (Å²) in [5, 5.41) is 3.47. The summed E-state index contributed by atoms with van der Waals surface area (Å²) < 4.78 is 5.72. The highest BCUT2D eigenvalue weighted by atomic mass is 16.5. The maximum Gasteiger partial charge on any atom is 0.0721 e.